The topological polar surface area (TPSA) is 55.4 Å². The number of hydrogen-bond acceptors (Lipinski definition) is 6. The summed E-state index contributed by atoms with van der Waals surface area (Å²) in [5.41, 5.74) is 0. The van der Waals surface area contributed by atoms with Crippen molar-refractivity contribution in [1.29, 1.82) is 0 Å². The van der Waals surface area contributed by atoms with Crippen LogP contribution in [0.1, 0.15) is 53.4 Å². The van der Waals surface area contributed by atoms with Gasteiger partial charge in [-0.05, 0) is 0 Å². The Morgan fingerprint density at radius 2 is 1.64 bits per heavy atom. The van der Waals surface area contributed by atoms with Crippen LogP contribution in [0.4, 0.5) is 0 Å². The maximum atomic E-state index is 6.80. The van der Waals surface area contributed by atoms with E-state index in [1.165, 1.54) is 25.7 Å². The summed E-state index contributed by atoms with van der Waals surface area (Å²) in [4.78, 5) is 0. The molecule has 6 nitrogen and oxygen atoms in total. The average Bonchev–Trinajstić information content (AvgIpc) is 2.97. The van der Waals surface area contributed by atoms with Gasteiger partial charge in [-0.1, -0.05) is 0 Å². The van der Waals surface area contributed by atoms with Crippen LogP contribution in [0.15, 0.2) is 0 Å². The second kappa shape index (κ2) is 8.29. The normalized spacial score (nSPS) is 39.0. The van der Waals surface area contributed by atoms with Crippen LogP contribution in [-0.2, 0) is 25.1 Å². The Morgan fingerprint density at radius 3 is 2.24 bits per heavy atom. The van der Waals surface area contributed by atoms with Crippen molar-refractivity contribution < 1.29 is 25.1 Å². The summed E-state index contributed by atoms with van der Waals surface area (Å²) in [5.74, 6) is -0.619. The van der Waals surface area contributed by atoms with E-state index in [4.69, 9.17) is 25.1 Å². The summed E-state index contributed by atoms with van der Waals surface area (Å²) in [7, 11) is 1.67. The van der Waals surface area contributed by atoms with E-state index in [1.54, 1.807) is 7.11 Å². The molecule has 0 aromatic heterocycles. The Morgan fingerprint density at radius 1 is 1.00 bits per heavy atom. The fourth-order valence-corrected chi connectivity index (χ4v) is 15.6. The molecule has 3 heterocycles. The number of rotatable bonds is 7. The summed E-state index contributed by atoms with van der Waals surface area (Å²) in [6, 6.07) is 0. The Labute approximate surface area is 156 Å². The van der Waals surface area contributed by atoms with Crippen molar-refractivity contribution in [1.82, 2.24) is 0 Å². The molecular weight excluding hydrogens is 431 g/mol. The first-order valence-electron chi connectivity index (χ1n) is 9.79. The molecule has 5 atom stereocenters. The molecule has 0 aromatic rings. The Bertz CT molecular complexity index is 437. The van der Waals surface area contributed by atoms with E-state index in [2.05, 4.69) is 13.8 Å². The molecule has 0 amide bonds. The van der Waals surface area contributed by atoms with Gasteiger partial charge in [0.05, 0.1) is 0 Å². The predicted molar refractivity (Wildman–Crippen MR) is 95.5 cm³/mol. The molecule has 0 unspecified atom stereocenters. The van der Waals surface area contributed by atoms with Crippen LogP contribution in [0, 0.1) is 0 Å². The summed E-state index contributed by atoms with van der Waals surface area (Å²) < 4.78 is 39.4. The summed E-state index contributed by atoms with van der Waals surface area (Å²) >= 11 is -3.14. The zero-order chi connectivity index (χ0) is 18.1. The Kier molecular flexibility index (Phi) is 6.73. The van der Waals surface area contributed by atoms with Crippen LogP contribution < -0.4 is 0 Å². The van der Waals surface area contributed by atoms with E-state index in [0.29, 0.717) is 6.61 Å². The van der Waals surface area contributed by atoms with Crippen molar-refractivity contribution >= 4 is 19.2 Å². The van der Waals surface area contributed by atoms with E-state index in [9.17, 15) is 0 Å². The minimum atomic E-state index is -3.14. The van der Waals surface area contributed by atoms with E-state index >= 15 is 0 Å². The average molecular weight is 465 g/mol. The van der Waals surface area contributed by atoms with Crippen molar-refractivity contribution in [2.24, 2.45) is 0 Å². The molecule has 0 bridgehead atoms. The minimum absolute atomic E-state index is 0.101. The molecule has 0 aliphatic carbocycles. The molecule has 146 valence electrons. The number of ether oxygens (including phenoxy) is 4. The van der Waals surface area contributed by atoms with Gasteiger partial charge >= 0.3 is 157 Å². The standard InChI is InChI=1S/C10H16O6.2C4H9.Sn/c1-10(2)14-4-5-8(16-10)6(11)7(12)9(13-3)15-5;2*1-3-4-2;/h5-9H,4H2,1-3H3;2*1,3-4H2,2H3;/q-2;;;+2/t5-,6-,7-,8+,9-;;;/m1.../s1. The van der Waals surface area contributed by atoms with Crippen LogP contribution in [0.25, 0.3) is 0 Å². The molecule has 3 fully saturated rings. The van der Waals surface area contributed by atoms with Gasteiger partial charge in [-0.25, -0.2) is 0 Å². The summed E-state index contributed by atoms with van der Waals surface area (Å²) in [5, 5.41) is 0. The van der Waals surface area contributed by atoms with Gasteiger partial charge in [-0.3, -0.25) is 0 Å². The molecule has 7 heteroatoms. The molecule has 0 saturated carbocycles. The van der Waals surface area contributed by atoms with Crippen molar-refractivity contribution in [2.45, 2.75) is 98.7 Å². The first kappa shape index (κ1) is 20.3. The van der Waals surface area contributed by atoms with Gasteiger partial charge in [0.15, 0.2) is 0 Å². The van der Waals surface area contributed by atoms with E-state index in [0.717, 1.165) is 8.87 Å². The number of fused-ring (bicyclic) bond motifs is 3. The van der Waals surface area contributed by atoms with Gasteiger partial charge in [0.2, 0.25) is 0 Å². The van der Waals surface area contributed by atoms with Crippen LogP contribution in [0.2, 0.25) is 8.87 Å². The summed E-state index contributed by atoms with van der Waals surface area (Å²) in [6.45, 7) is 8.84. The second-order valence-corrected chi connectivity index (χ2v) is 17.3. The van der Waals surface area contributed by atoms with Crippen molar-refractivity contribution in [3.8, 4) is 0 Å². The number of methoxy groups -OCH3 is 1. The molecule has 0 aromatic carbocycles. The maximum absolute atomic E-state index is 6.80. The van der Waals surface area contributed by atoms with Crippen LogP contribution in [-0.4, -0.2) is 69.4 Å². The van der Waals surface area contributed by atoms with Crippen molar-refractivity contribution in [3.63, 3.8) is 0 Å². The van der Waals surface area contributed by atoms with Crippen LogP contribution in [0.3, 0.4) is 0 Å². The Balaban J connectivity index is 1.82. The zero-order valence-corrected chi connectivity index (χ0v) is 19.1. The molecule has 3 saturated heterocycles. The number of unbranched alkanes of at least 4 members (excludes halogenated alkanes) is 2. The molecule has 3 rings (SSSR count). The molecule has 3 aliphatic rings. The molecule has 25 heavy (non-hydrogen) atoms. The first-order valence-corrected chi connectivity index (χ1v) is 16.2. The third kappa shape index (κ3) is 4.36. The fourth-order valence-electron chi connectivity index (χ4n) is 4.03. The molecule has 0 spiro atoms. The van der Waals surface area contributed by atoms with Crippen molar-refractivity contribution in [2.75, 3.05) is 13.7 Å². The monoisotopic (exact) mass is 466 g/mol. The predicted octanol–water partition coefficient (Wildman–Crippen LogP) is 3.34. The third-order valence-corrected chi connectivity index (χ3v) is 15.7. The SMILES string of the molecule is CCC[CH2][Sn]1([CH2]CCC)[O][C@H]2[C@H]3OC(C)(C)OC[C@H]3O[C@@H](OC)[C@@H]2[O]1. The van der Waals surface area contributed by atoms with Crippen molar-refractivity contribution in [3.05, 3.63) is 0 Å². The quantitative estimate of drug-likeness (QED) is 0.538. The Hall–Kier alpha value is 0.559. The fraction of sp³-hybridized carbons (Fsp3) is 1.00. The van der Waals surface area contributed by atoms with Gasteiger partial charge in [0, 0.05) is 0 Å². The van der Waals surface area contributed by atoms with Crippen LogP contribution >= 0.6 is 0 Å². The number of hydrogen-bond donors (Lipinski definition) is 0. The second-order valence-electron chi connectivity index (χ2n) is 7.85. The van der Waals surface area contributed by atoms with Gasteiger partial charge in [-0.15, -0.1) is 0 Å². The van der Waals surface area contributed by atoms with Crippen LogP contribution in [0.5, 0.6) is 0 Å². The van der Waals surface area contributed by atoms with Gasteiger partial charge < -0.3 is 0 Å². The zero-order valence-electron chi connectivity index (χ0n) is 16.3. The van der Waals surface area contributed by atoms with Gasteiger partial charge in [0.25, 0.3) is 0 Å². The molecule has 0 N–H and O–H groups in total. The van der Waals surface area contributed by atoms with Gasteiger partial charge in [-0.2, -0.15) is 0 Å². The molecular formula is C18H34O6Sn. The van der Waals surface area contributed by atoms with E-state index in [-0.39, 0.29) is 24.4 Å². The molecule has 3 aliphatic heterocycles. The third-order valence-electron chi connectivity index (χ3n) is 5.36. The summed E-state index contributed by atoms with van der Waals surface area (Å²) in [6.07, 6.45) is 3.68. The molecule has 0 radical (unpaired) electrons. The first-order chi connectivity index (χ1) is 11.9. The van der Waals surface area contributed by atoms with E-state index < -0.39 is 31.3 Å². The van der Waals surface area contributed by atoms with Gasteiger partial charge in [0.1, 0.15) is 0 Å². The van der Waals surface area contributed by atoms with E-state index in [1.807, 2.05) is 13.8 Å².